The first-order valence-corrected chi connectivity index (χ1v) is 8.51. The number of aromatic nitrogens is 1. The van der Waals surface area contributed by atoms with Crippen molar-refractivity contribution in [3.8, 4) is 23.3 Å². The number of halogens is 1. The number of fused-ring (bicyclic) bond motifs is 2. The van der Waals surface area contributed by atoms with Gasteiger partial charge in [0.2, 0.25) is 6.79 Å². The van der Waals surface area contributed by atoms with Gasteiger partial charge in [0.15, 0.2) is 11.5 Å². The van der Waals surface area contributed by atoms with E-state index in [-0.39, 0.29) is 6.79 Å². The van der Waals surface area contributed by atoms with Gasteiger partial charge in [-0.1, -0.05) is 6.07 Å². The molecule has 0 saturated carbocycles. The number of ether oxygens (including phenoxy) is 3. The summed E-state index contributed by atoms with van der Waals surface area (Å²) in [6.07, 6.45) is 1.56. The lowest BCUT2D eigenvalue weighted by Gasteiger charge is -2.14. The van der Waals surface area contributed by atoms with Crippen LogP contribution in [0.5, 0.6) is 17.2 Å². The van der Waals surface area contributed by atoms with Crippen LogP contribution < -0.4 is 19.5 Å². The molecule has 0 unspecified atom stereocenters. The molecule has 0 atom stereocenters. The highest BCUT2D eigenvalue weighted by atomic mass is 127. The second kappa shape index (κ2) is 6.29. The number of anilines is 2. The van der Waals surface area contributed by atoms with Crippen molar-refractivity contribution in [1.82, 2.24) is 4.98 Å². The molecule has 124 valence electrons. The summed E-state index contributed by atoms with van der Waals surface area (Å²) >= 11 is 2.20. The molecule has 0 amide bonds. The Bertz CT molecular complexity index is 1030. The second-order valence-corrected chi connectivity index (χ2v) is 6.49. The van der Waals surface area contributed by atoms with Crippen LogP contribution in [0.2, 0.25) is 0 Å². The van der Waals surface area contributed by atoms with E-state index in [1.54, 1.807) is 13.3 Å². The summed E-state index contributed by atoms with van der Waals surface area (Å²) in [7, 11) is 1.62. The van der Waals surface area contributed by atoms with Crippen molar-refractivity contribution in [1.29, 1.82) is 5.26 Å². The Balaban J connectivity index is 1.91. The Morgan fingerprint density at radius 2 is 2.20 bits per heavy atom. The van der Waals surface area contributed by atoms with Crippen LogP contribution in [0.25, 0.3) is 10.9 Å². The summed E-state index contributed by atoms with van der Waals surface area (Å²) in [5.41, 5.74) is 2.60. The van der Waals surface area contributed by atoms with Gasteiger partial charge in [-0.3, -0.25) is 4.98 Å². The molecule has 0 saturated heterocycles. The van der Waals surface area contributed by atoms with Crippen LogP contribution >= 0.6 is 22.6 Å². The molecule has 0 bridgehead atoms. The molecule has 1 aliphatic rings. The summed E-state index contributed by atoms with van der Waals surface area (Å²) in [5, 5.41) is 13.6. The number of pyridine rings is 1. The van der Waals surface area contributed by atoms with E-state index >= 15 is 0 Å². The zero-order chi connectivity index (χ0) is 17.4. The number of nitrogens with one attached hydrogen (secondary N) is 1. The Kier molecular flexibility index (Phi) is 3.97. The van der Waals surface area contributed by atoms with Crippen molar-refractivity contribution in [3.05, 3.63) is 45.7 Å². The average molecular weight is 445 g/mol. The molecule has 3 aromatic rings. The van der Waals surface area contributed by atoms with E-state index in [1.165, 1.54) is 0 Å². The summed E-state index contributed by atoms with van der Waals surface area (Å²) in [5.74, 6) is 2.04. The van der Waals surface area contributed by atoms with E-state index in [0.717, 1.165) is 25.9 Å². The largest absolute Gasteiger partial charge is 0.496 e. The molecular weight excluding hydrogens is 433 g/mol. The standard InChI is InChI=1S/C18H12IN3O3/c1-23-16-5-11-14(6-12(16)19)21-8-10(7-20)17(11)22-13-3-2-4-15-18(13)25-9-24-15/h2-6,8H,9H2,1H3,(H,21,22). The lowest BCUT2D eigenvalue weighted by Crippen LogP contribution is -1.99. The Labute approximate surface area is 157 Å². The van der Waals surface area contributed by atoms with Gasteiger partial charge in [0.25, 0.3) is 0 Å². The van der Waals surface area contributed by atoms with E-state index in [0.29, 0.717) is 22.7 Å². The zero-order valence-corrected chi connectivity index (χ0v) is 15.3. The van der Waals surface area contributed by atoms with Crippen LogP contribution in [-0.2, 0) is 0 Å². The predicted octanol–water partition coefficient (Wildman–Crippen LogP) is 4.19. The van der Waals surface area contributed by atoms with Crippen molar-refractivity contribution < 1.29 is 14.2 Å². The summed E-state index contributed by atoms with van der Waals surface area (Å²) in [4.78, 5) is 4.38. The first kappa shape index (κ1) is 15.8. The molecule has 1 aromatic heterocycles. The monoisotopic (exact) mass is 445 g/mol. The fourth-order valence-electron chi connectivity index (χ4n) is 2.73. The zero-order valence-electron chi connectivity index (χ0n) is 13.2. The second-order valence-electron chi connectivity index (χ2n) is 5.33. The van der Waals surface area contributed by atoms with E-state index in [1.807, 2.05) is 30.3 Å². The molecule has 0 fully saturated rings. The van der Waals surface area contributed by atoms with Gasteiger partial charge in [-0.2, -0.15) is 5.26 Å². The van der Waals surface area contributed by atoms with Crippen molar-refractivity contribution in [2.24, 2.45) is 0 Å². The van der Waals surface area contributed by atoms with E-state index < -0.39 is 0 Å². The fourth-order valence-corrected chi connectivity index (χ4v) is 3.40. The third kappa shape index (κ3) is 2.68. The van der Waals surface area contributed by atoms with Crippen LogP contribution in [0.15, 0.2) is 36.5 Å². The van der Waals surface area contributed by atoms with E-state index in [9.17, 15) is 5.26 Å². The third-order valence-electron chi connectivity index (χ3n) is 3.92. The molecule has 0 radical (unpaired) electrons. The average Bonchev–Trinajstić information content (AvgIpc) is 3.11. The molecule has 1 N–H and O–H groups in total. The summed E-state index contributed by atoms with van der Waals surface area (Å²) in [6.45, 7) is 0.183. The molecule has 4 rings (SSSR count). The third-order valence-corrected chi connectivity index (χ3v) is 4.76. The molecule has 0 aliphatic carbocycles. The molecule has 0 spiro atoms. The van der Waals surface area contributed by atoms with Gasteiger partial charge < -0.3 is 19.5 Å². The van der Waals surface area contributed by atoms with E-state index in [2.05, 4.69) is 39.0 Å². The molecule has 2 aromatic carbocycles. The fraction of sp³-hybridized carbons (Fsp3) is 0.111. The first-order valence-electron chi connectivity index (χ1n) is 7.43. The van der Waals surface area contributed by atoms with Crippen molar-refractivity contribution in [3.63, 3.8) is 0 Å². The van der Waals surface area contributed by atoms with Crippen molar-refractivity contribution in [2.45, 2.75) is 0 Å². The molecule has 7 heteroatoms. The highest BCUT2D eigenvalue weighted by Crippen LogP contribution is 2.42. The van der Waals surface area contributed by atoms with E-state index in [4.69, 9.17) is 14.2 Å². The van der Waals surface area contributed by atoms with Gasteiger partial charge in [0.1, 0.15) is 11.8 Å². The minimum atomic E-state index is 0.183. The number of nitriles is 1. The van der Waals surface area contributed by atoms with Gasteiger partial charge in [-0.15, -0.1) is 0 Å². The molecule has 25 heavy (non-hydrogen) atoms. The number of hydrogen-bond donors (Lipinski definition) is 1. The normalized spacial score (nSPS) is 12.0. The highest BCUT2D eigenvalue weighted by Gasteiger charge is 2.19. The van der Waals surface area contributed by atoms with Gasteiger partial charge in [0, 0.05) is 11.6 Å². The number of rotatable bonds is 3. The smallest absolute Gasteiger partial charge is 0.231 e. The van der Waals surface area contributed by atoms with Gasteiger partial charge >= 0.3 is 0 Å². The number of hydrogen-bond acceptors (Lipinski definition) is 6. The lowest BCUT2D eigenvalue weighted by atomic mass is 10.1. The minimum Gasteiger partial charge on any atom is -0.496 e. The number of benzene rings is 2. The lowest BCUT2D eigenvalue weighted by molar-refractivity contribution is 0.174. The maximum Gasteiger partial charge on any atom is 0.231 e. The summed E-state index contributed by atoms with van der Waals surface area (Å²) < 4.78 is 17.3. The van der Waals surface area contributed by atoms with Gasteiger partial charge in [0.05, 0.1) is 33.1 Å². The van der Waals surface area contributed by atoms with Crippen molar-refractivity contribution in [2.75, 3.05) is 19.2 Å². The Morgan fingerprint density at radius 3 is 3.00 bits per heavy atom. The van der Waals surface area contributed by atoms with Gasteiger partial charge in [-0.05, 0) is 46.9 Å². The highest BCUT2D eigenvalue weighted by molar-refractivity contribution is 14.1. The predicted molar refractivity (Wildman–Crippen MR) is 102 cm³/mol. The van der Waals surface area contributed by atoms with Crippen molar-refractivity contribution >= 4 is 44.9 Å². The van der Waals surface area contributed by atoms with Crippen LogP contribution in [0.4, 0.5) is 11.4 Å². The maximum absolute atomic E-state index is 9.51. The SMILES string of the molecule is COc1cc2c(Nc3cccc4c3OCO4)c(C#N)cnc2cc1I. The Morgan fingerprint density at radius 1 is 1.32 bits per heavy atom. The molecule has 6 nitrogen and oxygen atoms in total. The number of para-hydroxylation sites is 1. The maximum atomic E-state index is 9.51. The van der Waals surface area contributed by atoms with Crippen LogP contribution in [0.3, 0.4) is 0 Å². The van der Waals surface area contributed by atoms with Crippen LogP contribution in [-0.4, -0.2) is 18.9 Å². The number of nitrogens with zero attached hydrogens (tertiary/aromatic N) is 2. The molecule has 2 heterocycles. The quantitative estimate of drug-likeness (QED) is 0.610. The Hall–Kier alpha value is -2.73. The molecular formula is C18H12IN3O3. The van der Waals surface area contributed by atoms with Gasteiger partial charge in [-0.25, -0.2) is 0 Å². The first-order chi connectivity index (χ1) is 12.2. The molecule has 1 aliphatic heterocycles. The van der Waals surface area contributed by atoms with Crippen LogP contribution in [0.1, 0.15) is 5.56 Å². The number of methoxy groups -OCH3 is 1. The minimum absolute atomic E-state index is 0.183. The topological polar surface area (TPSA) is 76.4 Å². The van der Waals surface area contributed by atoms with Crippen LogP contribution in [0, 0.1) is 14.9 Å². The summed E-state index contributed by atoms with van der Waals surface area (Å²) in [6, 6.07) is 11.6.